The number of hydrogen-bond donors (Lipinski definition) is 1. The minimum atomic E-state index is -0.503. The lowest BCUT2D eigenvalue weighted by Crippen LogP contribution is -2.22. The maximum Gasteiger partial charge on any atom is 0.258 e. The summed E-state index contributed by atoms with van der Waals surface area (Å²) in [6, 6.07) is 13.5. The summed E-state index contributed by atoms with van der Waals surface area (Å²) in [4.78, 5) is 33.3. The number of nitrogens with zero attached hydrogens (tertiary/aromatic N) is 2. The first kappa shape index (κ1) is 18.0. The molecule has 0 saturated carbocycles. The molecule has 140 valence electrons. The number of anilines is 1. The Morgan fingerprint density at radius 3 is 2.68 bits per heavy atom. The fraction of sp³-hybridized carbons (Fsp3) is 0.182. The number of carbonyl (C=O) groups excluding carboxylic acids is 2. The SMILES string of the molecule is Cc1ccc([C@@H]2CC(=O)c3cnc(NC(=O)c4cccc(F)c4)nc3C2)cc1. The molecule has 2 aromatic carbocycles. The van der Waals surface area contributed by atoms with E-state index < -0.39 is 11.7 Å². The molecule has 1 amide bonds. The van der Waals surface area contributed by atoms with Gasteiger partial charge in [0.2, 0.25) is 5.95 Å². The fourth-order valence-corrected chi connectivity index (χ4v) is 3.38. The molecule has 1 N–H and O–H groups in total. The van der Waals surface area contributed by atoms with Gasteiger partial charge in [-0.1, -0.05) is 35.9 Å². The van der Waals surface area contributed by atoms with Crippen LogP contribution in [0.1, 0.15) is 49.9 Å². The Morgan fingerprint density at radius 2 is 1.93 bits per heavy atom. The third-order valence-electron chi connectivity index (χ3n) is 4.90. The fourth-order valence-electron chi connectivity index (χ4n) is 3.38. The highest BCUT2D eigenvalue weighted by molar-refractivity contribution is 6.03. The second-order valence-electron chi connectivity index (χ2n) is 6.96. The number of carbonyl (C=O) groups is 2. The van der Waals surface area contributed by atoms with Crippen LogP contribution >= 0.6 is 0 Å². The minimum absolute atomic E-state index is 0.00479. The number of Topliss-reactive ketones (excluding diaryl/α,β-unsaturated/α-hetero) is 1. The van der Waals surface area contributed by atoms with E-state index >= 15 is 0 Å². The minimum Gasteiger partial charge on any atom is -0.294 e. The normalized spacial score (nSPS) is 15.8. The number of rotatable bonds is 3. The van der Waals surface area contributed by atoms with Crippen LogP contribution in [0.5, 0.6) is 0 Å². The van der Waals surface area contributed by atoms with E-state index in [9.17, 15) is 14.0 Å². The van der Waals surface area contributed by atoms with E-state index in [1.54, 1.807) is 0 Å². The van der Waals surface area contributed by atoms with Crippen molar-refractivity contribution >= 4 is 17.6 Å². The summed E-state index contributed by atoms with van der Waals surface area (Å²) in [5.74, 6) is -0.857. The smallest absolute Gasteiger partial charge is 0.258 e. The van der Waals surface area contributed by atoms with Gasteiger partial charge in [-0.3, -0.25) is 14.9 Å². The highest BCUT2D eigenvalue weighted by atomic mass is 19.1. The number of nitrogens with one attached hydrogen (secondary N) is 1. The van der Waals surface area contributed by atoms with Gasteiger partial charge in [0.25, 0.3) is 5.91 Å². The van der Waals surface area contributed by atoms with Crippen molar-refractivity contribution in [1.29, 1.82) is 0 Å². The maximum absolute atomic E-state index is 13.3. The number of hydrogen-bond acceptors (Lipinski definition) is 4. The molecule has 5 nitrogen and oxygen atoms in total. The van der Waals surface area contributed by atoms with Crippen LogP contribution in [-0.2, 0) is 6.42 Å². The lowest BCUT2D eigenvalue weighted by atomic mass is 9.82. The van der Waals surface area contributed by atoms with Crippen LogP contribution in [0.4, 0.5) is 10.3 Å². The van der Waals surface area contributed by atoms with Crippen LogP contribution in [0.2, 0.25) is 0 Å². The van der Waals surface area contributed by atoms with Crippen LogP contribution in [0.15, 0.2) is 54.7 Å². The molecule has 0 unspecified atom stereocenters. The average Bonchev–Trinajstić information content (AvgIpc) is 2.68. The number of halogens is 1. The molecule has 1 atom stereocenters. The zero-order valence-electron chi connectivity index (χ0n) is 15.3. The number of ketones is 1. The van der Waals surface area contributed by atoms with Crippen molar-refractivity contribution in [1.82, 2.24) is 9.97 Å². The lowest BCUT2D eigenvalue weighted by molar-refractivity contribution is 0.0962. The first-order chi connectivity index (χ1) is 13.5. The monoisotopic (exact) mass is 375 g/mol. The van der Waals surface area contributed by atoms with E-state index in [-0.39, 0.29) is 23.2 Å². The molecule has 0 spiro atoms. The summed E-state index contributed by atoms with van der Waals surface area (Å²) >= 11 is 0. The second-order valence-corrected chi connectivity index (χ2v) is 6.96. The molecule has 0 saturated heterocycles. The van der Waals surface area contributed by atoms with Crippen molar-refractivity contribution in [2.75, 3.05) is 5.32 Å². The summed E-state index contributed by atoms with van der Waals surface area (Å²) in [6.45, 7) is 2.02. The van der Waals surface area contributed by atoms with Gasteiger partial charge in [0.15, 0.2) is 5.78 Å². The molecule has 1 heterocycles. The highest BCUT2D eigenvalue weighted by Gasteiger charge is 2.28. The molecular formula is C22H18FN3O2. The molecular weight excluding hydrogens is 357 g/mol. The Bertz CT molecular complexity index is 1060. The number of aryl methyl sites for hydroxylation is 1. The molecule has 0 radical (unpaired) electrons. The van der Waals surface area contributed by atoms with Gasteiger partial charge in [0.1, 0.15) is 5.82 Å². The molecule has 0 aliphatic heterocycles. The van der Waals surface area contributed by atoms with Gasteiger partial charge in [-0.15, -0.1) is 0 Å². The summed E-state index contributed by atoms with van der Waals surface area (Å²) in [7, 11) is 0. The van der Waals surface area contributed by atoms with Crippen LogP contribution in [0, 0.1) is 12.7 Å². The molecule has 3 aromatic rings. The summed E-state index contributed by atoms with van der Waals surface area (Å²) < 4.78 is 13.3. The van der Waals surface area contributed by atoms with Gasteiger partial charge in [-0.05, 0) is 43.0 Å². The summed E-state index contributed by atoms with van der Waals surface area (Å²) in [5.41, 5.74) is 3.54. The first-order valence-corrected chi connectivity index (χ1v) is 9.02. The Kier molecular flexibility index (Phi) is 4.69. The van der Waals surface area contributed by atoms with Crippen molar-refractivity contribution in [2.24, 2.45) is 0 Å². The van der Waals surface area contributed by atoms with Crippen LogP contribution < -0.4 is 5.32 Å². The predicted molar refractivity (Wildman–Crippen MR) is 103 cm³/mol. The molecule has 1 aliphatic carbocycles. The number of fused-ring (bicyclic) bond motifs is 1. The molecule has 28 heavy (non-hydrogen) atoms. The largest absolute Gasteiger partial charge is 0.294 e. The molecule has 0 bridgehead atoms. The molecule has 1 aliphatic rings. The first-order valence-electron chi connectivity index (χ1n) is 9.02. The van der Waals surface area contributed by atoms with Crippen molar-refractivity contribution in [3.05, 3.63) is 88.5 Å². The van der Waals surface area contributed by atoms with E-state index in [0.717, 1.165) is 17.2 Å². The lowest BCUT2D eigenvalue weighted by Gasteiger charge is -2.23. The zero-order chi connectivity index (χ0) is 19.7. The van der Waals surface area contributed by atoms with Crippen LogP contribution in [-0.4, -0.2) is 21.7 Å². The van der Waals surface area contributed by atoms with E-state index in [0.29, 0.717) is 24.1 Å². The topological polar surface area (TPSA) is 72.0 Å². The molecule has 0 fully saturated rings. The second kappa shape index (κ2) is 7.31. The summed E-state index contributed by atoms with van der Waals surface area (Å²) in [5, 5.41) is 2.57. The van der Waals surface area contributed by atoms with Gasteiger partial charge in [-0.2, -0.15) is 0 Å². The van der Waals surface area contributed by atoms with Gasteiger partial charge in [-0.25, -0.2) is 14.4 Å². The van der Waals surface area contributed by atoms with Crippen molar-refractivity contribution < 1.29 is 14.0 Å². The standard InChI is InChI=1S/C22H18FN3O2/c1-13-5-7-14(8-6-13)16-10-19-18(20(27)11-16)12-24-22(25-19)26-21(28)15-3-2-4-17(23)9-15/h2-9,12,16H,10-11H2,1H3,(H,24,25,26,28)/t16-/m0/s1. The predicted octanol–water partition coefficient (Wildman–Crippen LogP) is 4.09. The van der Waals surface area contributed by atoms with E-state index in [4.69, 9.17) is 0 Å². The third kappa shape index (κ3) is 3.67. The molecule has 1 aromatic heterocycles. The van der Waals surface area contributed by atoms with Crippen LogP contribution in [0.25, 0.3) is 0 Å². The van der Waals surface area contributed by atoms with E-state index in [1.807, 2.05) is 31.2 Å². The van der Waals surface area contributed by atoms with Gasteiger partial charge in [0.05, 0.1) is 11.3 Å². The quantitative estimate of drug-likeness (QED) is 0.748. The van der Waals surface area contributed by atoms with Gasteiger partial charge >= 0.3 is 0 Å². The van der Waals surface area contributed by atoms with E-state index in [2.05, 4.69) is 15.3 Å². The molecule has 4 rings (SSSR count). The van der Waals surface area contributed by atoms with E-state index in [1.165, 1.54) is 24.4 Å². The Morgan fingerprint density at radius 1 is 1.14 bits per heavy atom. The summed E-state index contributed by atoms with van der Waals surface area (Å²) in [6.07, 6.45) is 2.46. The highest BCUT2D eigenvalue weighted by Crippen LogP contribution is 2.32. The Hall–Kier alpha value is -3.41. The average molecular weight is 375 g/mol. The maximum atomic E-state index is 13.3. The van der Waals surface area contributed by atoms with Crippen LogP contribution in [0.3, 0.4) is 0 Å². The van der Waals surface area contributed by atoms with Gasteiger partial charge < -0.3 is 0 Å². The number of aromatic nitrogens is 2. The Labute approximate surface area is 161 Å². The van der Waals surface area contributed by atoms with Gasteiger partial charge in [0, 0.05) is 18.2 Å². The third-order valence-corrected chi connectivity index (χ3v) is 4.90. The van der Waals surface area contributed by atoms with Crippen molar-refractivity contribution in [3.63, 3.8) is 0 Å². The Balaban J connectivity index is 1.57. The number of amides is 1. The van der Waals surface area contributed by atoms with Crippen molar-refractivity contribution in [3.8, 4) is 0 Å². The zero-order valence-corrected chi connectivity index (χ0v) is 15.3. The number of benzene rings is 2. The van der Waals surface area contributed by atoms with Crippen molar-refractivity contribution in [2.45, 2.75) is 25.7 Å². The molecule has 6 heteroatoms.